The van der Waals surface area contributed by atoms with Crippen molar-refractivity contribution in [3.8, 4) is 0 Å². The van der Waals surface area contributed by atoms with Gasteiger partial charge in [0.2, 0.25) is 0 Å². The van der Waals surface area contributed by atoms with Crippen LogP contribution in [0, 0.1) is 0 Å². The minimum absolute atomic E-state index is 0.203. The smallest absolute Gasteiger partial charge is 0.259 e. The molecule has 0 spiro atoms. The van der Waals surface area contributed by atoms with E-state index in [9.17, 15) is 9.90 Å². The van der Waals surface area contributed by atoms with Gasteiger partial charge >= 0.3 is 0 Å². The maximum Gasteiger partial charge on any atom is 0.259 e. The van der Waals surface area contributed by atoms with Crippen LogP contribution in [0.2, 0.25) is 5.02 Å². The number of anilines is 1. The van der Waals surface area contributed by atoms with Crippen molar-refractivity contribution in [3.05, 3.63) is 47.1 Å². The number of nitrogens with zero attached hydrogens (tertiary/aromatic N) is 2. The maximum absolute atomic E-state index is 12.0. The average Bonchev–Trinajstić information content (AvgIpc) is 2.87. The number of aliphatic hydroxyl groups is 1. The number of hydrogen-bond acceptors (Lipinski definition) is 3. The number of benzene rings is 1. The van der Waals surface area contributed by atoms with Gasteiger partial charge in [0.15, 0.2) is 11.9 Å². The minimum atomic E-state index is -1.33. The lowest BCUT2D eigenvalue weighted by Gasteiger charge is -2.11. The van der Waals surface area contributed by atoms with E-state index in [1.807, 2.05) is 13.8 Å². The van der Waals surface area contributed by atoms with Gasteiger partial charge in [0.25, 0.3) is 5.91 Å². The SMILES string of the molecule is CC(C)n1ccc(NC(=O)[C@H](O)c2ccccc2Cl)n1. The van der Waals surface area contributed by atoms with Crippen LogP contribution in [-0.2, 0) is 4.79 Å². The Morgan fingerprint density at radius 3 is 2.65 bits per heavy atom. The second-order valence-electron chi connectivity index (χ2n) is 4.69. The molecule has 1 aromatic carbocycles. The zero-order valence-electron chi connectivity index (χ0n) is 11.2. The normalized spacial score (nSPS) is 12.4. The largest absolute Gasteiger partial charge is 0.378 e. The van der Waals surface area contributed by atoms with Gasteiger partial charge in [-0.2, -0.15) is 5.10 Å². The lowest BCUT2D eigenvalue weighted by atomic mass is 10.1. The standard InChI is InChI=1S/C14H16ClN3O2/c1-9(2)18-8-7-12(17-18)16-14(20)13(19)10-5-3-4-6-11(10)15/h3-9,13,19H,1-2H3,(H,16,17,20)/t13-/m1/s1. The second-order valence-corrected chi connectivity index (χ2v) is 5.10. The lowest BCUT2D eigenvalue weighted by Crippen LogP contribution is -2.21. The third kappa shape index (κ3) is 3.18. The number of aliphatic hydroxyl groups excluding tert-OH is 1. The highest BCUT2D eigenvalue weighted by Crippen LogP contribution is 2.23. The van der Waals surface area contributed by atoms with Crippen LogP contribution in [0.25, 0.3) is 0 Å². The van der Waals surface area contributed by atoms with E-state index in [2.05, 4.69) is 10.4 Å². The summed E-state index contributed by atoms with van der Waals surface area (Å²) in [6, 6.07) is 8.57. The Morgan fingerprint density at radius 1 is 1.35 bits per heavy atom. The molecule has 2 rings (SSSR count). The molecule has 1 heterocycles. The molecule has 6 heteroatoms. The van der Waals surface area contributed by atoms with Crippen LogP contribution in [0.4, 0.5) is 5.82 Å². The first kappa shape index (κ1) is 14.6. The molecule has 0 aliphatic carbocycles. The van der Waals surface area contributed by atoms with Gasteiger partial charge in [-0.1, -0.05) is 29.8 Å². The molecule has 5 nitrogen and oxygen atoms in total. The summed E-state index contributed by atoms with van der Waals surface area (Å²) in [6.45, 7) is 3.97. The summed E-state index contributed by atoms with van der Waals surface area (Å²) in [5, 5.41) is 17.1. The molecule has 0 aliphatic heterocycles. The molecule has 1 atom stereocenters. The molecular formula is C14H16ClN3O2. The number of hydrogen-bond donors (Lipinski definition) is 2. The predicted octanol–water partition coefficient (Wildman–Crippen LogP) is 2.79. The number of halogens is 1. The molecule has 2 aromatic rings. The van der Waals surface area contributed by atoms with Gasteiger partial charge in [-0.05, 0) is 19.9 Å². The first-order chi connectivity index (χ1) is 9.49. The Kier molecular flexibility index (Phi) is 4.42. The fraction of sp³-hybridized carbons (Fsp3) is 0.286. The maximum atomic E-state index is 12.0. The van der Waals surface area contributed by atoms with Crippen molar-refractivity contribution in [3.63, 3.8) is 0 Å². The molecule has 0 aliphatic rings. The topological polar surface area (TPSA) is 67.2 Å². The number of carbonyl (C=O) groups excluding carboxylic acids is 1. The van der Waals surface area contributed by atoms with Crippen LogP contribution in [0.1, 0.15) is 31.6 Å². The Bertz CT molecular complexity index is 610. The summed E-state index contributed by atoms with van der Waals surface area (Å²) in [7, 11) is 0. The molecular weight excluding hydrogens is 278 g/mol. The molecule has 0 saturated heterocycles. The van der Waals surface area contributed by atoms with Crippen LogP contribution in [0.15, 0.2) is 36.5 Å². The van der Waals surface area contributed by atoms with E-state index in [-0.39, 0.29) is 6.04 Å². The van der Waals surface area contributed by atoms with Crippen LogP contribution >= 0.6 is 11.6 Å². The minimum Gasteiger partial charge on any atom is -0.378 e. The molecule has 1 aromatic heterocycles. The molecule has 0 radical (unpaired) electrons. The Labute approximate surface area is 122 Å². The molecule has 2 N–H and O–H groups in total. The highest BCUT2D eigenvalue weighted by atomic mass is 35.5. The Balaban J connectivity index is 2.09. The summed E-state index contributed by atoms with van der Waals surface area (Å²) in [6.07, 6.45) is 0.440. The van der Waals surface area contributed by atoms with Gasteiger partial charge in [0.05, 0.1) is 0 Å². The fourth-order valence-corrected chi connectivity index (χ4v) is 1.96. The van der Waals surface area contributed by atoms with Crippen molar-refractivity contribution < 1.29 is 9.90 Å². The van der Waals surface area contributed by atoms with E-state index < -0.39 is 12.0 Å². The van der Waals surface area contributed by atoms with Gasteiger partial charge in [-0.25, -0.2) is 0 Å². The van der Waals surface area contributed by atoms with Gasteiger partial charge < -0.3 is 10.4 Å². The average molecular weight is 294 g/mol. The summed E-state index contributed by atoms with van der Waals surface area (Å²) in [5.41, 5.74) is 0.370. The predicted molar refractivity (Wildman–Crippen MR) is 77.7 cm³/mol. The van der Waals surface area contributed by atoms with Crippen LogP contribution in [0.3, 0.4) is 0 Å². The van der Waals surface area contributed by atoms with E-state index in [1.165, 1.54) is 0 Å². The summed E-state index contributed by atoms with van der Waals surface area (Å²) >= 11 is 5.95. The number of rotatable bonds is 4. The molecule has 0 unspecified atom stereocenters. The number of nitrogens with one attached hydrogen (secondary N) is 1. The van der Waals surface area contributed by atoms with E-state index in [1.54, 1.807) is 41.2 Å². The van der Waals surface area contributed by atoms with Crippen LogP contribution in [0.5, 0.6) is 0 Å². The zero-order chi connectivity index (χ0) is 14.7. The Hall–Kier alpha value is -1.85. The quantitative estimate of drug-likeness (QED) is 0.911. The van der Waals surface area contributed by atoms with Crippen molar-refractivity contribution in [2.75, 3.05) is 5.32 Å². The molecule has 20 heavy (non-hydrogen) atoms. The summed E-state index contributed by atoms with van der Waals surface area (Å²) in [5.74, 6) is -0.165. The van der Waals surface area contributed by atoms with Crippen molar-refractivity contribution >= 4 is 23.3 Å². The summed E-state index contributed by atoms with van der Waals surface area (Å²) in [4.78, 5) is 12.0. The van der Waals surface area contributed by atoms with Crippen molar-refractivity contribution in [2.45, 2.75) is 26.0 Å². The highest BCUT2D eigenvalue weighted by molar-refractivity contribution is 6.31. The van der Waals surface area contributed by atoms with E-state index in [0.29, 0.717) is 16.4 Å². The van der Waals surface area contributed by atoms with Gasteiger partial charge in [-0.3, -0.25) is 9.48 Å². The molecule has 0 bridgehead atoms. The third-order valence-corrected chi connectivity index (χ3v) is 3.18. The van der Waals surface area contributed by atoms with E-state index >= 15 is 0 Å². The number of aromatic nitrogens is 2. The fourth-order valence-electron chi connectivity index (χ4n) is 1.72. The van der Waals surface area contributed by atoms with Crippen molar-refractivity contribution in [2.24, 2.45) is 0 Å². The van der Waals surface area contributed by atoms with E-state index in [0.717, 1.165) is 0 Å². The number of carbonyl (C=O) groups is 1. The molecule has 106 valence electrons. The first-order valence-corrected chi connectivity index (χ1v) is 6.65. The third-order valence-electron chi connectivity index (χ3n) is 2.84. The van der Waals surface area contributed by atoms with Crippen LogP contribution < -0.4 is 5.32 Å². The first-order valence-electron chi connectivity index (χ1n) is 6.27. The van der Waals surface area contributed by atoms with Crippen molar-refractivity contribution in [1.82, 2.24) is 9.78 Å². The molecule has 1 amide bonds. The monoisotopic (exact) mass is 293 g/mol. The number of amides is 1. The van der Waals surface area contributed by atoms with E-state index in [4.69, 9.17) is 11.6 Å². The Morgan fingerprint density at radius 2 is 2.05 bits per heavy atom. The molecule has 0 fully saturated rings. The van der Waals surface area contributed by atoms with Gasteiger partial charge in [-0.15, -0.1) is 0 Å². The van der Waals surface area contributed by atoms with Crippen LogP contribution in [-0.4, -0.2) is 20.8 Å². The lowest BCUT2D eigenvalue weighted by molar-refractivity contribution is -0.124. The highest BCUT2D eigenvalue weighted by Gasteiger charge is 2.20. The second kappa shape index (κ2) is 6.07. The zero-order valence-corrected chi connectivity index (χ0v) is 12.0. The molecule has 0 saturated carbocycles. The van der Waals surface area contributed by atoms with Crippen molar-refractivity contribution in [1.29, 1.82) is 0 Å². The van der Waals surface area contributed by atoms with Gasteiger partial charge in [0, 0.05) is 28.9 Å². The summed E-state index contributed by atoms with van der Waals surface area (Å²) < 4.78 is 1.72. The van der Waals surface area contributed by atoms with Gasteiger partial charge in [0.1, 0.15) is 0 Å².